The van der Waals surface area contributed by atoms with E-state index in [1.807, 2.05) is 32.9 Å². The number of nitrogens with two attached hydrogens (primary N) is 1. The average Bonchev–Trinajstić information content (AvgIpc) is 3.06. The molecule has 5 nitrogen and oxygen atoms in total. The number of hydrogen-bond donors (Lipinski definition) is 3. The number of benzene rings is 1. The van der Waals surface area contributed by atoms with Crippen LogP contribution in [-0.2, 0) is 4.79 Å². The molecule has 1 amide bonds. The summed E-state index contributed by atoms with van der Waals surface area (Å²) in [6.45, 7) is 5.94. The molecule has 1 aromatic carbocycles. The van der Waals surface area contributed by atoms with Gasteiger partial charge in [0.2, 0.25) is 5.91 Å². The number of carbonyl (C=O) groups excluding carboxylic acids is 1. The van der Waals surface area contributed by atoms with Gasteiger partial charge in [0.15, 0.2) is 0 Å². The fourth-order valence-corrected chi connectivity index (χ4v) is 3.29. The van der Waals surface area contributed by atoms with Crippen LogP contribution in [0.2, 0.25) is 0 Å². The van der Waals surface area contributed by atoms with E-state index in [2.05, 4.69) is 15.3 Å². The number of carbonyl (C=O) groups is 1. The topological polar surface area (TPSA) is 83.8 Å². The van der Waals surface area contributed by atoms with Crippen LogP contribution in [0.4, 0.5) is 14.5 Å². The second kappa shape index (κ2) is 8.06. The maximum Gasteiger partial charge on any atom is 0.278 e. The van der Waals surface area contributed by atoms with Gasteiger partial charge in [-0.05, 0) is 60.2 Å². The Morgan fingerprint density at radius 3 is 2.61 bits per heavy atom. The van der Waals surface area contributed by atoms with Gasteiger partial charge in [-0.15, -0.1) is 0 Å². The normalized spacial score (nSPS) is 12.7. The summed E-state index contributed by atoms with van der Waals surface area (Å²) in [5.74, 6) is 0.109. The first-order valence-electron chi connectivity index (χ1n) is 9.19. The van der Waals surface area contributed by atoms with Crippen molar-refractivity contribution in [3.63, 3.8) is 0 Å². The lowest BCUT2D eigenvalue weighted by Gasteiger charge is -2.15. The fourth-order valence-electron chi connectivity index (χ4n) is 3.29. The number of fused-ring (bicyclic) bond motifs is 1. The number of nitrogens with zero attached hydrogens (tertiary/aromatic N) is 1. The van der Waals surface area contributed by atoms with Crippen molar-refractivity contribution < 1.29 is 13.6 Å². The Bertz CT molecular complexity index is 997. The predicted molar refractivity (Wildman–Crippen MR) is 107 cm³/mol. The highest BCUT2D eigenvalue weighted by Gasteiger charge is 2.17. The lowest BCUT2D eigenvalue weighted by Crippen LogP contribution is -2.36. The van der Waals surface area contributed by atoms with E-state index < -0.39 is 12.5 Å². The molecule has 4 N–H and O–H groups in total. The quantitative estimate of drug-likeness (QED) is 0.570. The summed E-state index contributed by atoms with van der Waals surface area (Å²) in [7, 11) is 0. The Balaban J connectivity index is 1.89. The number of alkyl halides is 2. The molecule has 0 aliphatic carbocycles. The number of aromatic amines is 1. The maximum absolute atomic E-state index is 13.0. The van der Waals surface area contributed by atoms with E-state index in [9.17, 15) is 13.6 Å². The van der Waals surface area contributed by atoms with E-state index in [4.69, 9.17) is 5.73 Å². The van der Waals surface area contributed by atoms with Gasteiger partial charge in [-0.1, -0.05) is 19.9 Å². The molecule has 2 aromatic heterocycles. The number of aryl methyl sites for hydroxylation is 1. The van der Waals surface area contributed by atoms with Crippen LogP contribution >= 0.6 is 0 Å². The van der Waals surface area contributed by atoms with Gasteiger partial charge >= 0.3 is 0 Å². The van der Waals surface area contributed by atoms with Crippen molar-refractivity contribution in [2.45, 2.75) is 39.7 Å². The molecule has 28 heavy (non-hydrogen) atoms. The van der Waals surface area contributed by atoms with Crippen LogP contribution in [-0.4, -0.2) is 21.9 Å². The summed E-state index contributed by atoms with van der Waals surface area (Å²) in [4.78, 5) is 19.0. The van der Waals surface area contributed by atoms with E-state index in [-0.39, 0.29) is 11.6 Å². The summed E-state index contributed by atoms with van der Waals surface area (Å²) in [6.07, 6.45) is -0.391. The van der Waals surface area contributed by atoms with Gasteiger partial charge in [-0.25, -0.2) is 13.8 Å². The van der Waals surface area contributed by atoms with E-state index >= 15 is 0 Å². The van der Waals surface area contributed by atoms with Crippen LogP contribution < -0.4 is 11.1 Å². The second-order valence-electron chi connectivity index (χ2n) is 7.40. The molecule has 3 aromatic rings. The van der Waals surface area contributed by atoms with Crippen molar-refractivity contribution in [2.75, 3.05) is 5.32 Å². The SMILES string of the molecule is Cc1cc(NC(=O)[C@H](N)CC(C)C)ccc1-c1ccnc2[nH]c(C(F)F)cc12. The van der Waals surface area contributed by atoms with Gasteiger partial charge in [0.25, 0.3) is 6.43 Å². The smallest absolute Gasteiger partial charge is 0.278 e. The Morgan fingerprint density at radius 2 is 1.96 bits per heavy atom. The Labute approximate surface area is 162 Å². The van der Waals surface area contributed by atoms with Gasteiger partial charge in [0, 0.05) is 17.3 Å². The summed E-state index contributed by atoms with van der Waals surface area (Å²) in [6, 6.07) is 8.17. The molecule has 0 saturated heterocycles. The number of H-pyrrole nitrogens is 1. The molecule has 0 aliphatic rings. The second-order valence-corrected chi connectivity index (χ2v) is 7.40. The zero-order valence-corrected chi connectivity index (χ0v) is 16.1. The van der Waals surface area contributed by atoms with Crippen molar-refractivity contribution >= 4 is 22.6 Å². The minimum atomic E-state index is -2.59. The zero-order chi connectivity index (χ0) is 20.4. The van der Waals surface area contributed by atoms with E-state index in [1.54, 1.807) is 18.3 Å². The van der Waals surface area contributed by atoms with Crippen LogP contribution in [0.3, 0.4) is 0 Å². The number of anilines is 1. The summed E-state index contributed by atoms with van der Waals surface area (Å²) in [5, 5.41) is 3.48. The molecule has 0 fully saturated rings. The Morgan fingerprint density at radius 1 is 1.21 bits per heavy atom. The minimum Gasteiger partial charge on any atom is -0.338 e. The van der Waals surface area contributed by atoms with E-state index in [0.29, 0.717) is 29.1 Å². The number of halogens is 2. The lowest BCUT2D eigenvalue weighted by atomic mass is 9.98. The number of rotatable bonds is 6. The highest BCUT2D eigenvalue weighted by Crippen LogP contribution is 2.33. The average molecular weight is 386 g/mol. The monoisotopic (exact) mass is 386 g/mol. The standard InChI is InChI=1S/C21H24F2N4O/c1-11(2)8-17(24)21(28)26-13-4-5-14(12(3)9-13)15-6-7-25-20-16(15)10-18(27-20)19(22)23/h4-7,9-11,17,19H,8,24H2,1-3H3,(H,25,27)(H,26,28)/t17-/m1/s1. The summed E-state index contributed by atoms with van der Waals surface area (Å²) >= 11 is 0. The van der Waals surface area contributed by atoms with Crippen molar-refractivity contribution in [3.05, 3.63) is 47.8 Å². The van der Waals surface area contributed by atoms with Gasteiger partial charge in [-0.2, -0.15) is 0 Å². The summed E-state index contributed by atoms with van der Waals surface area (Å²) in [5.41, 5.74) is 9.44. The van der Waals surface area contributed by atoms with Gasteiger partial charge in [-0.3, -0.25) is 4.79 Å². The molecule has 2 heterocycles. The predicted octanol–water partition coefficient (Wildman–Crippen LogP) is 4.79. The molecule has 1 atom stereocenters. The lowest BCUT2D eigenvalue weighted by molar-refractivity contribution is -0.117. The van der Waals surface area contributed by atoms with Crippen LogP contribution in [0.5, 0.6) is 0 Å². The van der Waals surface area contributed by atoms with Gasteiger partial charge in [0.05, 0.1) is 11.7 Å². The molecule has 0 spiro atoms. The third-order valence-electron chi connectivity index (χ3n) is 4.63. The third-order valence-corrected chi connectivity index (χ3v) is 4.63. The molecule has 148 valence electrons. The van der Waals surface area contributed by atoms with Crippen LogP contribution in [0.15, 0.2) is 36.5 Å². The molecule has 0 saturated carbocycles. The van der Waals surface area contributed by atoms with Gasteiger partial charge < -0.3 is 16.0 Å². The van der Waals surface area contributed by atoms with Crippen molar-refractivity contribution in [1.82, 2.24) is 9.97 Å². The molecule has 0 radical (unpaired) electrons. The summed E-state index contributed by atoms with van der Waals surface area (Å²) < 4.78 is 26.1. The van der Waals surface area contributed by atoms with Crippen LogP contribution in [0.1, 0.15) is 38.0 Å². The molecule has 0 unspecified atom stereocenters. The third kappa shape index (κ3) is 4.20. The first-order chi connectivity index (χ1) is 13.3. The van der Waals surface area contributed by atoms with Crippen molar-refractivity contribution in [1.29, 1.82) is 0 Å². The first kappa shape index (κ1) is 19.9. The van der Waals surface area contributed by atoms with E-state index in [1.165, 1.54) is 6.07 Å². The highest BCUT2D eigenvalue weighted by molar-refractivity contribution is 5.97. The minimum absolute atomic E-state index is 0.157. The molecule has 7 heteroatoms. The van der Waals surface area contributed by atoms with Crippen LogP contribution in [0, 0.1) is 12.8 Å². The largest absolute Gasteiger partial charge is 0.338 e. The number of aromatic nitrogens is 2. The molecular weight excluding hydrogens is 362 g/mol. The maximum atomic E-state index is 13.0. The molecule has 0 aliphatic heterocycles. The zero-order valence-electron chi connectivity index (χ0n) is 16.1. The highest BCUT2D eigenvalue weighted by atomic mass is 19.3. The van der Waals surface area contributed by atoms with Crippen LogP contribution in [0.25, 0.3) is 22.2 Å². The number of hydrogen-bond acceptors (Lipinski definition) is 3. The first-order valence-corrected chi connectivity index (χ1v) is 9.19. The molecule has 0 bridgehead atoms. The Kier molecular flexibility index (Phi) is 5.74. The number of pyridine rings is 1. The van der Waals surface area contributed by atoms with E-state index in [0.717, 1.165) is 16.7 Å². The van der Waals surface area contributed by atoms with Gasteiger partial charge in [0.1, 0.15) is 5.65 Å². The Hall–Kier alpha value is -2.80. The number of amides is 1. The van der Waals surface area contributed by atoms with Crippen molar-refractivity contribution in [2.24, 2.45) is 11.7 Å². The number of nitrogens with one attached hydrogen (secondary N) is 2. The fraction of sp³-hybridized carbons (Fsp3) is 0.333. The van der Waals surface area contributed by atoms with Crippen molar-refractivity contribution in [3.8, 4) is 11.1 Å². The molecule has 3 rings (SSSR count). The molecular formula is C21H24F2N4O.